The number of thioether (sulfide) groups is 1. The summed E-state index contributed by atoms with van der Waals surface area (Å²) >= 11 is 2.01. The lowest BCUT2D eigenvalue weighted by molar-refractivity contribution is 0.265. The molecular formula is C11H20N4S. The van der Waals surface area contributed by atoms with Crippen LogP contribution in [-0.4, -0.2) is 46.5 Å². The molecule has 1 atom stereocenters. The highest BCUT2D eigenvalue weighted by molar-refractivity contribution is 7.99. The molecule has 2 heterocycles. The molecule has 90 valence electrons. The van der Waals surface area contributed by atoms with E-state index in [0.29, 0.717) is 6.04 Å². The third-order valence-corrected chi connectivity index (χ3v) is 3.95. The summed E-state index contributed by atoms with van der Waals surface area (Å²) in [4.78, 5) is 10.3. The van der Waals surface area contributed by atoms with Crippen LogP contribution in [-0.2, 0) is 6.54 Å². The number of imidazole rings is 1. The van der Waals surface area contributed by atoms with Crippen molar-refractivity contribution < 1.29 is 0 Å². The highest BCUT2D eigenvalue weighted by Crippen LogP contribution is 2.25. The fourth-order valence-corrected chi connectivity index (χ4v) is 3.09. The lowest BCUT2D eigenvalue weighted by Crippen LogP contribution is -2.33. The second kappa shape index (κ2) is 5.70. The van der Waals surface area contributed by atoms with Crippen molar-refractivity contribution in [3.8, 4) is 0 Å². The van der Waals surface area contributed by atoms with Crippen LogP contribution in [0.25, 0.3) is 0 Å². The highest BCUT2D eigenvalue weighted by atomic mass is 32.2. The minimum absolute atomic E-state index is 0.453. The molecule has 1 aliphatic rings. The maximum absolute atomic E-state index is 4.49. The Morgan fingerprint density at radius 3 is 3.31 bits per heavy atom. The first-order chi connectivity index (χ1) is 7.81. The van der Waals surface area contributed by atoms with Crippen molar-refractivity contribution in [3.05, 3.63) is 17.7 Å². The number of rotatable bonds is 4. The van der Waals surface area contributed by atoms with Crippen LogP contribution in [0.3, 0.4) is 0 Å². The van der Waals surface area contributed by atoms with Crippen molar-refractivity contribution in [2.45, 2.75) is 19.5 Å². The molecule has 0 aliphatic carbocycles. The number of nitrogens with zero attached hydrogens (tertiary/aromatic N) is 2. The molecule has 0 saturated carbocycles. The van der Waals surface area contributed by atoms with Crippen LogP contribution in [0, 0.1) is 0 Å². The summed E-state index contributed by atoms with van der Waals surface area (Å²) < 4.78 is 0. The van der Waals surface area contributed by atoms with Gasteiger partial charge < -0.3 is 10.3 Å². The van der Waals surface area contributed by atoms with E-state index in [0.717, 1.165) is 31.2 Å². The molecule has 0 radical (unpaired) electrons. The molecule has 1 saturated heterocycles. The Balaban J connectivity index is 1.99. The molecule has 1 unspecified atom stereocenters. The maximum Gasteiger partial charge on any atom is 0.124 e. The van der Waals surface area contributed by atoms with Gasteiger partial charge in [-0.1, -0.05) is 6.92 Å². The maximum atomic E-state index is 4.49. The number of aromatic nitrogens is 2. The number of hydrogen-bond donors (Lipinski definition) is 2. The number of nitrogens with one attached hydrogen (secondary N) is 2. The minimum Gasteiger partial charge on any atom is -0.343 e. The number of H-pyrrole nitrogens is 1. The first-order valence-corrected chi connectivity index (χ1v) is 6.99. The SMILES string of the molecule is CCNCc1cnc(C2CSCCN2C)[nH]1. The number of hydrogen-bond acceptors (Lipinski definition) is 4. The molecule has 1 fully saturated rings. The Morgan fingerprint density at radius 2 is 2.56 bits per heavy atom. The van der Waals surface area contributed by atoms with E-state index in [1.54, 1.807) is 0 Å². The van der Waals surface area contributed by atoms with Crippen molar-refractivity contribution in [3.63, 3.8) is 0 Å². The molecule has 16 heavy (non-hydrogen) atoms. The zero-order valence-electron chi connectivity index (χ0n) is 9.99. The fraction of sp³-hybridized carbons (Fsp3) is 0.727. The van der Waals surface area contributed by atoms with Crippen molar-refractivity contribution in [2.75, 3.05) is 31.6 Å². The Hall–Kier alpha value is -0.520. The van der Waals surface area contributed by atoms with Gasteiger partial charge in [-0.3, -0.25) is 4.90 Å². The van der Waals surface area contributed by atoms with Crippen LogP contribution < -0.4 is 5.32 Å². The first kappa shape index (κ1) is 12.0. The van der Waals surface area contributed by atoms with Crippen LogP contribution in [0.1, 0.15) is 24.5 Å². The van der Waals surface area contributed by atoms with Crippen LogP contribution >= 0.6 is 11.8 Å². The van der Waals surface area contributed by atoms with E-state index in [1.165, 1.54) is 11.4 Å². The summed E-state index contributed by atoms with van der Waals surface area (Å²) in [6.07, 6.45) is 1.95. The molecule has 5 heteroatoms. The first-order valence-electron chi connectivity index (χ1n) is 5.83. The van der Waals surface area contributed by atoms with E-state index in [2.05, 4.69) is 34.2 Å². The van der Waals surface area contributed by atoms with Gasteiger partial charge in [0.25, 0.3) is 0 Å². The van der Waals surface area contributed by atoms with E-state index >= 15 is 0 Å². The quantitative estimate of drug-likeness (QED) is 0.831. The second-order valence-electron chi connectivity index (χ2n) is 4.15. The van der Waals surface area contributed by atoms with Crippen molar-refractivity contribution in [1.29, 1.82) is 0 Å². The summed E-state index contributed by atoms with van der Waals surface area (Å²) in [5, 5.41) is 3.30. The third-order valence-electron chi connectivity index (χ3n) is 2.93. The summed E-state index contributed by atoms with van der Waals surface area (Å²) in [7, 11) is 2.18. The van der Waals surface area contributed by atoms with Crippen LogP contribution in [0.15, 0.2) is 6.20 Å². The number of aromatic amines is 1. The molecule has 1 aromatic rings. The lowest BCUT2D eigenvalue weighted by Gasteiger charge is -2.30. The van der Waals surface area contributed by atoms with Gasteiger partial charge in [-0.25, -0.2) is 4.98 Å². The highest BCUT2D eigenvalue weighted by Gasteiger charge is 2.23. The van der Waals surface area contributed by atoms with Crippen LogP contribution in [0.2, 0.25) is 0 Å². The van der Waals surface area contributed by atoms with Gasteiger partial charge in [0.2, 0.25) is 0 Å². The van der Waals surface area contributed by atoms with Gasteiger partial charge in [-0.2, -0.15) is 11.8 Å². The average Bonchev–Trinajstić information content (AvgIpc) is 2.75. The van der Waals surface area contributed by atoms with Crippen molar-refractivity contribution in [1.82, 2.24) is 20.2 Å². The molecule has 0 spiro atoms. The molecule has 4 nitrogen and oxygen atoms in total. The predicted octanol–water partition coefficient (Wildman–Crippen LogP) is 1.24. The zero-order valence-corrected chi connectivity index (χ0v) is 10.8. The van der Waals surface area contributed by atoms with E-state index in [1.807, 2.05) is 18.0 Å². The summed E-state index contributed by atoms with van der Waals surface area (Å²) in [5.74, 6) is 3.49. The molecule has 1 aromatic heterocycles. The van der Waals surface area contributed by atoms with Gasteiger partial charge in [0.05, 0.1) is 6.04 Å². The molecule has 0 bridgehead atoms. The topological polar surface area (TPSA) is 44.0 Å². The smallest absolute Gasteiger partial charge is 0.124 e. The Morgan fingerprint density at radius 1 is 1.69 bits per heavy atom. The van der Waals surface area contributed by atoms with Gasteiger partial charge in [0.15, 0.2) is 0 Å². The van der Waals surface area contributed by atoms with Gasteiger partial charge in [-0.15, -0.1) is 0 Å². The average molecular weight is 240 g/mol. The van der Waals surface area contributed by atoms with E-state index < -0.39 is 0 Å². The van der Waals surface area contributed by atoms with Gasteiger partial charge >= 0.3 is 0 Å². The summed E-state index contributed by atoms with van der Waals surface area (Å²) in [6.45, 7) is 5.14. The predicted molar refractivity (Wildman–Crippen MR) is 68.7 cm³/mol. The third kappa shape index (κ3) is 2.78. The van der Waals surface area contributed by atoms with Gasteiger partial charge in [0, 0.05) is 36.5 Å². The Bertz CT molecular complexity index is 326. The molecule has 2 rings (SSSR count). The molecule has 2 N–H and O–H groups in total. The van der Waals surface area contributed by atoms with Gasteiger partial charge in [-0.05, 0) is 13.6 Å². The Labute approximate surface area is 101 Å². The Kier molecular flexibility index (Phi) is 4.26. The summed E-state index contributed by atoms with van der Waals surface area (Å²) in [6, 6.07) is 0.453. The zero-order chi connectivity index (χ0) is 11.4. The fourth-order valence-electron chi connectivity index (χ4n) is 1.87. The molecule has 0 amide bonds. The van der Waals surface area contributed by atoms with E-state index in [9.17, 15) is 0 Å². The molecule has 1 aliphatic heterocycles. The molecular weight excluding hydrogens is 220 g/mol. The monoisotopic (exact) mass is 240 g/mol. The van der Waals surface area contributed by atoms with Gasteiger partial charge in [0.1, 0.15) is 5.82 Å². The van der Waals surface area contributed by atoms with Crippen LogP contribution in [0.4, 0.5) is 0 Å². The second-order valence-corrected chi connectivity index (χ2v) is 5.30. The molecule has 0 aromatic carbocycles. The largest absolute Gasteiger partial charge is 0.343 e. The standard InChI is InChI=1S/C11H20N4S/c1-3-12-6-9-7-13-11(14-9)10-8-16-5-4-15(10)2/h7,10,12H,3-6,8H2,1-2H3,(H,13,14). The van der Waals surface area contributed by atoms with E-state index in [4.69, 9.17) is 0 Å². The minimum atomic E-state index is 0.453. The lowest BCUT2D eigenvalue weighted by atomic mass is 10.3. The van der Waals surface area contributed by atoms with Crippen molar-refractivity contribution >= 4 is 11.8 Å². The van der Waals surface area contributed by atoms with E-state index in [-0.39, 0.29) is 0 Å². The normalized spacial score (nSPS) is 22.5. The van der Waals surface area contributed by atoms with Crippen molar-refractivity contribution in [2.24, 2.45) is 0 Å². The van der Waals surface area contributed by atoms with Crippen LogP contribution in [0.5, 0.6) is 0 Å². The summed E-state index contributed by atoms with van der Waals surface area (Å²) in [5.41, 5.74) is 1.18.